The second-order valence-corrected chi connectivity index (χ2v) is 5.59. The van der Waals surface area contributed by atoms with Crippen LogP contribution in [0.5, 0.6) is 0 Å². The van der Waals surface area contributed by atoms with E-state index in [1.807, 2.05) is 12.1 Å². The van der Waals surface area contributed by atoms with Gasteiger partial charge in [0.25, 0.3) is 5.91 Å². The zero-order valence-corrected chi connectivity index (χ0v) is 11.7. The summed E-state index contributed by atoms with van der Waals surface area (Å²) in [6.07, 6.45) is 0.284. The number of benzene rings is 1. The average molecular weight is 349 g/mol. The highest BCUT2D eigenvalue weighted by Gasteiger charge is 2.26. The quantitative estimate of drug-likeness (QED) is 0.846. The lowest BCUT2D eigenvalue weighted by molar-refractivity contribution is 0.0764. The normalized spacial score (nSPS) is 20.2. The Balaban J connectivity index is 2.23. The molecule has 0 aromatic heterocycles. The molecule has 1 saturated heterocycles. The summed E-state index contributed by atoms with van der Waals surface area (Å²) in [6.45, 7) is 1.05. The molecule has 86 valence electrons. The summed E-state index contributed by atoms with van der Waals surface area (Å²) in [4.78, 5) is 13.8. The number of aliphatic hydroxyl groups excluding tert-OH is 1. The first-order valence-electron chi connectivity index (χ1n) is 5.00. The van der Waals surface area contributed by atoms with Crippen LogP contribution < -0.4 is 0 Å². The number of rotatable bonds is 1. The van der Waals surface area contributed by atoms with Crippen molar-refractivity contribution in [1.82, 2.24) is 4.90 Å². The summed E-state index contributed by atoms with van der Waals surface area (Å²) in [5.41, 5.74) is 0.628. The van der Waals surface area contributed by atoms with Gasteiger partial charge in [0.1, 0.15) is 0 Å². The van der Waals surface area contributed by atoms with E-state index in [0.29, 0.717) is 25.1 Å². The minimum absolute atomic E-state index is 0.0373. The lowest BCUT2D eigenvalue weighted by atomic mass is 10.2. The Kier molecular flexibility index (Phi) is 3.66. The van der Waals surface area contributed by atoms with Crippen LogP contribution in [0.4, 0.5) is 0 Å². The number of halogens is 2. The highest BCUT2D eigenvalue weighted by Crippen LogP contribution is 2.24. The zero-order chi connectivity index (χ0) is 11.7. The van der Waals surface area contributed by atoms with Gasteiger partial charge in [-0.1, -0.05) is 15.9 Å². The van der Waals surface area contributed by atoms with E-state index < -0.39 is 0 Å². The minimum Gasteiger partial charge on any atom is -0.391 e. The number of aliphatic hydroxyl groups is 1. The number of hydrogen-bond acceptors (Lipinski definition) is 2. The van der Waals surface area contributed by atoms with Crippen LogP contribution in [0.25, 0.3) is 0 Å². The first-order valence-corrected chi connectivity index (χ1v) is 6.59. The van der Waals surface area contributed by atoms with Gasteiger partial charge in [-0.15, -0.1) is 0 Å². The maximum Gasteiger partial charge on any atom is 0.255 e. The number of amides is 1. The van der Waals surface area contributed by atoms with Crippen molar-refractivity contribution in [2.24, 2.45) is 0 Å². The molecule has 1 aromatic carbocycles. The first kappa shape index (κ1) is 12.1. The minimum atomic E-state index is -0.380. The third kappa shape index (κ3) is 2.47. The van der Waals surface area contributed by atoms with Crippen molar-refractivity contribution < 1.29 is 9.90 Å². The lowest BCUT2D eigenvalue weighted by Gasteiger charge is -2.16. The Morgan fingerprint density at radius 3 is 2.81 bits per heavy atom. The molecule has 1 N–H and O–H groups in total. The van der Waals surface area contributed by atoms with E-state index in [0.717, 1.165) is 8.95 Å². The fourth-order valence-corrected chi connectivity index (χ4v) is 2.54. The summed E-state index contributed by atoms with van der Waals surface area (Å²) in [7, 11) is 0. The van der Waals surface area contributed by atoms with Crippen molar-refractivity contribution in [2.45, 2.75) is 12.5 Å². The number of hydrogen-bond donors (Lipinski definition) is 1. The van der Waals surface area contributed by atoms with Crippen molar-refractivity contribution >= 4 is 37.8 Å². The van der Waals surface area contributed by atoms with Gasteiger partial charge < -0.3 is 10.0 Å². The van der Waals surface area contributed by atoms with Crippen molar-refractivity contribution in [3.8, 4) is 0 Å². The molecular weight excluding hydrogens is 338 g/mol. The molecular formula is C11H11Br2NO2. The molecule has 0 unspecified atom stereocenters. The van der Waals surface area contributed by atoms with Crippen molar-refractivity contribution in [2.75, 3.05) is 13.1 Å². The van der Waals surface area contributed by atoms with Crippen LogP contribution in [-0.4, -0.2) is 35.1 Å². The van der Waals surface area contributed by atoms with Gasteiger partial charge in [0, 0.05) is 22.0 Å². The molecule has 1 aromatic rings. The Hall–Kier alpha value is -0.390. The van der Waals surface area contributed by atoms with Crippen LogP contribution in [0.1, 0.15) is 16.8 Å². The van der Waals surface area contributed by atoms with Gasteiger partial charge in [-0.3, -0.25) is 4.79 Å². The van der Waals surface area contributed by atoms with E-state index in [-0.39, 0.29) is 12.0 Å². The van der Waals surface area contributed by atoms with E-state index in [1.54, 1.807) is 11.0 Å². The van der Waals surface area contributed by atoms with Gasteiger partial charge in [-0.05, 0) is 40.5 Å². The number of β-amino-alcohol motifs (C(OH)–C–C–N with tert-alkyl or cyclic N) is 1. The summed E-state index contributed by atoms with van der Waals surface area (Å²) < 4.78 is 1.65. The Morgan fingerprint density at radius 2 is 2.19 bits per heavy atom. The van der Waals surface area contributed by atoms with Crippen LogP contribution in [0.15, 0.2) is 27.1 Å². The van der Waals surface area contributed by atoms with Crippen LogP contribution in [0.2, 0.25) is 0 Å². The molecule has 2 rings (SSSR count). The lowest BCUT2D eigenvalue weighted by Crippen LogP contribution is -2.29. The molecule has 1 amide bonds. The molecule has 3 nitrogen and oxygen atoms in total. The molecule has 0 aliphatic carbocycles. The standard InChI is InChI=1S/C11H11Br2NO2/c12-7-1-2-10(13)9(5-7)11(16)14-4-3-8(15)6-14/h1-2,5,8,15H,3-4,6H2/t8-/m1/s1. The topological polar surface area (TPSA) is 40.5 Å². The molecule has 1 atom stereocenters. The van der Waals surface area contributed by atoms with Crippen LogP contribution in [0.3, 0.4) is 0 Å². The van der Waals surface area contributed by atoms with E-state index in [1.165, 1.54) is 0 Å². The number of carbonyl (C=O) groups is 1. The molecule has 5 heteroatoms. The van der Waals surface area contributed by atoms with Crippen LogP contribution in [-0.2, 0) is 0 Å². The first-order chi connectivity index (χ1) is 7.58. The molecule has 1 aliphatic rings. The molecule has 1 aliphatic heterocycles. The van der Waals surface area contributed by atoms with Crippen molar-refractivity contribution in [1.29, 1.82) is 0 Å². The second kappa shape index (κ2) is 4.85. The van der Waals surface area contributed by atoms with Gasteiger partial charge in [0.2, 0.25) is 0 Å². The van der Waals surface area contributed by atoms with Gasteiger partial charge in [-0.2, -0.15) is 0 Å². The highest BCUT2D eigenvalue weighted by atomic mass is 79.9. The van der Waals surface area contributed by atoms with Gasteiger partial charge in [0.15, 0.2) is 0 Å². The molecule has 0 bridgehead atoms. The van der Waals surface area contributed by atoms with Crippen molar-refractivity contribution in [3.63, 3.8) is 0 Å². The number of carbonyl (C=O) groups excluding carboxylic acids is 1. The monoisotopic (exact) mass is 347 g/mol. The Labute approximate surface area is 111 Å². The zero-order valence-electron chi connectivity index (χ0n) is 8.49. The second-order valence-electron chi connectivity index (χ2n) is 3.82. The highest BCUT2D eigenvalue weighted by molar-refractivity contribution is 9.11. The van der Waals surface area contributed by atoms with Gasteiger partial charge in [-0.25, -0.2) is 0 Å². The number of likely N-dealkylation sites (tertiary alicyclic amines) is 1. The smallest absolute Gasteiger partial charge is 0.255 e. The molecule has 0 radical (unpaired) electrons. The summed E-state index contributed by atoms with van der Waals surface area (Å²) in [5.74, 6) is -0.0373. The molecule has 0 spiro atoms. The Bertz CT molecular complexity index is 422. The SMILES string of the molecule is O=C(c1cc(Br)ccc1Br)N1CC[C@@H](O)C1. The maximum absolute atomic E-state index is 12.1. The largest absolute Gasteiger partial charge is 0.391 e. The van der Waals surface area contributed by atoms with Gasteiger partial charge >= 0.3 is 0 Å². The summed E-state index contributed by atoms with van der Waals surface area (Å²) in [5, 5.41) is 9.40. The fraction of sp³-hybridized carbons (Fsp3) is 0.364. The van der Waals surface area contributed by atoms with E-state index in [4.69, 9.17) is 0 Å². The fourth-order valence-electron chi connectivity index (χ4n) is 1.76. The summed E-state index contributed by atoms with van der Waals surface area (Å²) in [6, 6.07) is 5.50. The summed E-state index contributed by atoms with van der Waals surface area (Å²) >= 11 is 6.71. The van der Waals surface area contributed by atoms with Crippen molar-refractivity contribution in [3.05, 3.63) is 32.7 Å². The van der Waals surface area contributed by atoms with E-state index >= 15 is 0 Å². The predicted octanol–water partition coefficient (Wildman–Crippen LogP) is 2.42. The van der Waals surface area contributed by atoms with Gasteiger partial charge in [0.05, 0.1) is 11.7 Å². The third-order valence-corrected chi connectivity index (χ3v) is 3.79. The van der Waals surface area contributed by atoms with E-state index in [9.17, 15) is 9.90 Å². The molecule has 0 saturated carbocycles. The molecule has 1 fully saturated rings. The number of nitrogens with zero attached hydrogens (tertiary/aromatic N) is 1. The maximum atomic E-state index is 12.1. The molecule has 16 heavy (non-hydrogen) atoms. The molecule has 1 heterocycles. The Morgan fingerprint density at radius 1 is 1.44 bits per heavy atom. The third-order valence-electron chi connectivity index (χ3n) is 2.61. The van der Waals surface area contributed by atoms with Crippen LogP contribution in [0, 0.1) is 0 Å². The average Bonchev–Trinajstić information content (AvgIpc) is 2.67. The predicted molar refractivity (Wildman–Crippen MR) is 68.4 cm³/mol. The van der Waals surface area contributed by atoms with Crippen LogP contribution >= 0.6 is 31.9 Å². The van der Waals surface area contributed by atoms with E-state index in [2.05, 4.69) is 31.9 Å².